The van der Waals surface area contributed by atoms with Gasteiger partial charge in [-0.15, -0.1) is 8.78 Å². The van der Waals surface area contributed by atoms with Crippen molar-refractivity contribution in [3.63, 3.8) is 0 Å². The minimum absolute atomic E-state index is 0.00170. The fourth-order valence-electron chi connectivity index (χ4n) is 1.84. The minimum Gasteiger partial charge on any atom is -0.395 e. The molecule has 1 aromatic heterocycles. The van der Waals surface area contributed by atoms with E-state index in [-0.39, 0.29) is 17.5 Å². The number of nitrogens with zero attached hydrogens (tertiary/aromatic N) is 2. The van der Waals surface area contributed by atoms with Crippen molar-refractivity contribution in [1.82, 2.24) is 10.1 Å². The van der Waals surface area contributed by atoms with Crippen LogP contribution in [0.5, 0.6) is 11.5 Å². The zero-order valence-corrected chi connectivity index (χ0v) is 10.7. The molecule has 6 nitrogen and oxygen atoms in total. The summed E-state index contributed by atoms with van der Waals surface area (Å²) in [5, 5.41) is 6.74. The molecule has 0 fully saturated rings. The number of fused-ring (bicyclic) bond motifs is 1. The highest BCUT2D eigenvalue weighted by Gasteiger charge is 2.43. The zero-order chi connectivity index (χ0) is 14.3. The molecule has 1 unspecified atom stereocenters. The van der Waals surface area contributed by atoms with Gasteiger partial charge in [0, 0.05) is 11.8 Å². The lowest BCUT2D eigenvalue weighted by atomic mass is 10.2. The van der Waals surface area contributed by atoms with Gasteiger partial charge in [-0.1, -0.05) is 5.16 Å². The first-order valence-electron chi connectivity index (χ1n) is 5.89. The Balaban J connectivity index is 1.76. The summed E-state index contributed by atoms with van der Waals surface area (Å²) < 4.78 is 39.5. The molecule has 1 atom stereocenters. The summed E-state index contributed by atoms with van der Waals surface area (Å²) in [6.45, 7) is 3.52. The van der Waals surface area contributed by atoms with Crippen LogP contribution in [0, 0.1) is 6.92 Å². The number of aryl methyl sites for hydroxylation is 1. The molecule has 0 radical (unpaired) electrons. The topological polar surface area (TPSA) is 69.4 Å². The third-order valence-electron chi connectivity index (χ3n) is 2.70. The summed E-state index contributed by atoms with van der Waals surface area (Å²) in [7, 11) is 0. The van der Waals surface area contributed by atoms with Gasteiger partial charge in [0.2, 0.25) is 5.89 Å². The Morgan fingerprint density at radius 3 is 2.70 bits per heavy atom. The number of hydrogen-bond acceptors (Lipinski definition) is 6. The molecule has 1 aliphatic rings. The van der Waals surface area contributed by atoms with Gasteiger partial charge in [-0.2, -0.15) is 4.98 Å². The average Bonchev–Trinajstić information content (AvgIpc) is 2.90. The molecular weight excluding hydrogens is 272 g/mol. The largest absolute Gasteiger partial charge is 0.586 e. The van der Waals surface area contributed by atoms with E-state index >= 15 is 0 Å². The maximum absolute atomic E-state index is 12.9. The average molecular weight is 283 g/mol. The van der Waals surface area contributed by atoms with E-state index < -0.39 is 6.29 Å². The number of halogens is 2. The standard InChI is InChI=1S/C12H11F2N3O3/c1-6(11-16-7(2)17-20-11)15-8-3-4-9-10(5-8)19-12(13,14)18-9/h3-6,15H,1-2H3. The van der Waals surface area contributed by atoms with E-state index in [4.69, 9.17) is 4.52 Å². The molecule has 20 heavy (non-hydrogen) atoms. The van der Waals surface area contributed by atoms with Gasteiger partial charge in [-0.25, -0.2) is 0 Å². The van der Waals surface area contributed by atoms with Crippen molar-refractivity contribution in [2.75, 3.05) is 5.32 Å². The summed E-state index contributed by atoms with van der Waals surface area (Å²) in [6.07, 6.45) is -3.61. The van der Waals surface area contributed by atoms with Gasteiger partial charge in [-0.3, -0.25) is 0 Å². The molecule has 0 aliphatic carbocycles. The predicted octanol–water partition coefficient (Wildman–Crippen LogP) is 2.87. The van der Waals surface area contributed by atoms with Crippen LogP contribution in [-0.4, -0.2) is 16.4 Å². The molecule has 0 amide bonds. The van der Waals surface area contributed by atoms with Gasteiger partial charge in [0.05, 0.1) is 0 Å². The summed E-state index contributed by atoms with van der Waals surface area (Å²) in [5.74, 6) is 0.917. The monoisotopic (exact) mass is 283 g/mol. The predicted molar refractivity (Wildman–Crippen MR) is 63.7 cm³/mol. The molecule has 1 aliphatic heterocycles. The zero-order valence-electron chi connectivity index (χ0n) is 10.7. The first-order valence-corrected chi connectivity index (χ1v) is 5.89. The van der Waals surface area contributed by atoms with Gasteiger partial charge in [0.25, 0.3) is 0 Å². The molecule has 0 bridgehead atoms. The van der Waals surface area contributed by atoms with Crippen molar-refractivity contribution < 1.29 is 22.8 Å². The first kappa shape index (κ1) is 12.6. The smallest absolute Gasteiger partial charge is 0.395 e. The lowest BCUT2D eigenvalue weighted by Gasteiger charge is -2.11. The fraction of sp³-hybridized carbons (Fsp3) is 0.333. The van der Waals surface area contributed by atoms with E-state index in [9.17, 15) is 8.78 Å². The van der Waals surface area contributed by atoms with Crippen molar-refractivity contribution >= 4 is 5.69 Å². The summed E-state index contributed by atoms with van der Waals surface area (Å²) in [6, 6.07) is 4.17. The van der Waals surface area contributed by atoms with Crippen LogP contribution in [0.2, 0.25) is 0 Å². The quantitative estimate of drug-likeness (QED) is 0.934. The molecule has 1 aromatic carbocycles. The maximum Gasteiger partial charge on any atom is 0.586 e. The minimum atomic E-state index is -3.61. The molecule has 106 valence electrons. The highest BCUT2D eigenvalue weighted by molar-refractivity contribution is 5.56. The Kier molecular flexibility index (Phi) is 2.73. The molecule has 0 saturated carbocycles. The summed E-state index contributed by atoms with van der Waals surface area (Å²) in [5.41, 5.74) is 0.577. The lowest BCUT2D eigenvalue weighted by molar-refractivity contribution is -0.286. The highest BCUT2D eigenvalue weighted by Crippen LogP contribution is 2.42. The van der Waals surface area contributed by atoms with E-state index in [1.54, 1.807) is 13.0 Å². The Hall–Kier alpha value is -2.38. The SMILES string of the molecule is Cc1noc(C(C)Nc2ccc3c(c2)OC(F)(F)O3)n1. The molecule has 0 saturated heterocycles. The summed E-state index contributed by atoms with van der Waals surface area (Å²) >= 11 is 0. The Morgan fingerprint density at radius 2 is 2.00 bits per heavy atom. The van der Waals surface area contributed by atoms with E-state index in [1.807, 2.05) is 6.92 Å². The second kappa shape index (κ2) is 4.32. The molecular formula is C12H11F2N3O3. The van der Waals surface area contributed by atoms with Gasteiger partial charge < -0.3 is 19.3 Å². The Morgan fingerprint density at radius 1 is 1.25 bits per heavy atom. The number of alkyl halides is 2. The van der Waals surface area contributed by atoms with Gasteiger partial charge in [-0.05, 0) is 26.0 Å². The van der Waals surface area contributed by atoms with Crippen LogP contribution >= 0.6 is 0 Å². The first-order chi connectivity index (χ1) is 9.43. The Labute approximate surface area is 112 Å². The second-order valence-electron chi connectivity index (χ2n) is 4.37. The molecule has 1 N–H and O–H groups in total. The third kappa shape index (κ3) is 2.36. The molecule has 2 heterocycles. The van der Waals surface area contributed by atoms with Crippen LogP contribution in [-0.2, 0) is 0 Å². The fourth-order valence-corrected chi connectivity index (χ4v) is 1.84. The van der Waals surface area contributed by atoms with Crippen LogP contribution in [0.1, 0.15) is 24.7 Å². The second-order valence-corrected chi connectivity index (χ2v) is 4.37. The van der Waals surface area contributed by atoms with E-state index in [0.717, 1.165) is 0 Å². The van der Waals surface area contributed by atoms with E-state index in [1.165, 1.54) is 12.1 Å². The number of nitrogens with one attached hydrogen (secondary N) is 1. The highest BCUT2D eigenvalue weighted by atomic mass is 19.3. The van der Waals surface area contributed by atoms with Gasteiger partial charge in [0.1, 0.15) is 6.04 Å². The van der Waals surface area contributed by atoms with Crippen molar-refractivity contribution in [1.29, 1.82) is 0 Å². The number of benzene rings is 1. The Bertz CT molecular complexity index is 645. The lowest BCUT2D eigenvalue weighted by Crippen LogP contribution is -2.25. The number of hydrogen-bond donors (Lipinski definition) is 1. The molecule has 8 heteroatoms. The van der Waals surface area contributed by atoms with E-state index in [0.29, 0.717) is 17.4 Å². The van der Waals surface area contributed by atoms with Crippen molar-refractivity contribution in [2.24, 2.45) is 0 Å². The van der Waals surface area contributed by atoms with Gasteiger partial charge in [0.15, 0.2) is 17.3 Å². The number of aromatic nitrogens is 2. The molecule has 0 spiro atoms. The number of anilines is 1. The van der Waals surface area contributed by atoms with Crippen LogP contribution in [0.4, 0.5) is 14.5 Å². The van der Waals surface area contributed by atoms with Crippen LogP contribution in [0.3, 0.4) is 0 Å². The summed E-state index contributed by atoms with van der Waals surface area (Å²) in [4.78, 5) is 4.09. The van der Waals surface area contributed by atoms with Crippen LogP contribution < -0.4 is 14.8 Å². The van der Waals surface area contributed by atoms with Crippen molar-refractivity contribution in [3.05, 3.63) is 29.9 Å². The number of ether oxygens (including phenoxy) is 2. The maximum atomic E-state index is 12.9. The van der Waals surface area contributed by atoms with Crippen molar-refractivity contribution in [3.8, 4) is 11.5 Å². The van der Waals surface area contributed by atoms with Crippen molar-refractivity contribution in [2.45, 2.75) is 26.2 Å². The number of rotatable bonds is 3. The molecule has 3 rings (SSSR count). The van der Waals surface area contributed by atoms with Gasteiger partial charge >= 0.3 is 6.29 Å². The van der Waals surface area contributed by atoms with E-state index in [2.05, 4.69) is 24.9 Å². The molecule has 2 aromatic rings. The van der Waals surface area contributed by atoms with Crippen LogP contribution in [0.15, 0.2) is 22.7 Å². The van der Waals surface area contributed by atoms with Crippen LogP contribution in [0.25, 0.3) is 0 Å². The third-order valence-corrected chi connectivity index (χ3v) is 2.70. The normalized spacial score (nSPS) is 17.0.